The highest BCUT2D eigenvalue weighted by Crippen LogP contribution is 2.37. The molecular weight excluding hydrogens is 260 g/mol. The highest BCUT2D eigenvalue weighted by atomic mass is 16.6. The van der Waals surface area contributed by atoms with Gasteiger partial charge in [0, 0.05) is 11.5 Å². The lowest BCUT2D eigenvalue weighted by Crippen LogP contribution is -2.29. The van der Waals surface area contributed by atoms with E-state index in [1.54, 1.807) is 18.2 Å². The average molecular weight is 274 g/mol. The summed E-state index contributed by atoms with van der Waals surface area (Å²) in [6, 6.07) is 5.04. The summed E-state index contributed by atoms with van der Waals surface area (Å²) in [6.07, 6.45) is -0.169. The molecule has 1 aliphatic heterocycles. The van der Waals surface area contributed by atoms with Gasteiger partial charge in [-0.1, -0.05) is 6.58 Å². The van der Waals surface area contributed by atoms with Crippen LogP contribution >= 0.6 is 0 Å². The van der Waals surface area contributed by atoms with Crippen molar-refractivity contribution >= 4 is 11.0 Å². The van der Waals surface area contributed by atoms with Crippen LogP contribution in [0.2, 0.25) is 0 Å². The molecule has 2 aromatic rings. The Kier molecular flexibility index (Phi) is 2.89. The third-order valence-electron chi connectivity index (χ3n) is 3.20. The van der Waals surface area contributed by atoms with Crippen LogP contribution in [-0.2, 0) is 0 Å². The van der Waals surface area contributed by atoms with E-state index in [1.165, 1.54) is 7.11 Å². The average Bonchev–Trinajstić information content (AvgIpc) is 2.43. The lowest BCUT2D eigenvalue weighted by atomic mass is 10.1. The van der Waals surface area contributed by atoms with Gasteiger partial charge in [0.25, 0.3) is 0 Å². The maximum atomic E-state index is 11.6. The monoisotopic (exact) mass is 274 g/mol. The summed E-state index contributed by atoms with van der Waals surface area (Å²) in [6.45, 7) is 6.16. The van der Waals surface area contributed by atoms with E-state index in [9.17, 15) is 4.79 Å². The van der Waals surface area contributed by atoms with Crippen LogP contribution in [0.15, 0.2) is 39.6 Å². The number of rotatable bonds is 2. The summed E-state index contributed by atoms with van der Waals surface area (Å²) in [5.74, 6) is 1.32. The summed E-state index contributed by atoms with van der Waals surface area (Å²) in [7, 11) is 1.42. The number of benzene rings is 1. The van der Waals surface area contributed by atoms with Crippen molar-refractivity contribution in [3.63, 3.8) is 0 Å². The second-order valence-electron chi connectivity index (χ2n) is 4.70. The fraction of sp³-hybridized carbons (Fsp3) is 0.267. The Bertz CT molecular complexity index is 744. The van der Waals surface area contributed by atoms with Gasteiger partial charge in [-0.3, -0.25) is 0 Å². The van der Waals surface area contributed by atoms with Crippen molar-refractivity contribution in [3.8, 4) is 17.2 Å². The topological polar surface area (TPSA) is 57.9 Å². The Labute approximate surface area is 115 Å². The fourth-order valence-electron chi connectivity index (χ4n) is 2.05. The highest BCUT2D eigenvalue weighted by molar-refractivity contribution is 5.82. The number of fused-ring (bicyclic) bond motifs is 2. The predicted octanol–water partition coefficient (Wildman–Crippen LogP) is 2.52. The zero-order valence-electron chi connectivity index (χ0n) is 11.3. The normalized spacial score (nSPS) is 17.0. The Morgan fingerprint density at radius 1 is 1.35 bits per heavy atom. The SMILES string of the molecule is C=C(C)[C@H]1COc2cc3oc(=O)c(OC)cc3cc2O1. The molecule has 1 aliphatic rings. The maximum absolute atomic E-state index is 11.6. The van der Waals surface area contributed by atoms with Crippen molar-refractivity contribution in [2.24, 2.45) is 0 Å². The van der Waals surface area contributed by atoms with Gasteiger partial charge in [-0.15, -0.1) is 0 Å². The zero-order valence-corrected chi connectivity index (χ0v) is 11.3. The number of hydrogen-bond acceptors (Lipinski definition) is 5. The molecule has 20 heavy (non-hydrogen) atoms. The van der Waals surface area contributed by atoms with Crippen LogP contribution in [0.1, 0.15) is 6.92 Å². The minimum atomic E-state index is -0.517. The summed E-state index contributed by atoms with van der Waals surface area (Å²) in [4.78, 5) is 11.6. The lowest BCUT2D eigenvalue weighted by molar-refractivity contribution is 0.116. The minimum absolute atomic E-state index is 0.158. The molecule has 1 atom stereocenters. The molecule has 0 saturated heterocycles. The van der Waals surface area contributed by atoms with E-state index < -0.39 is 5.63 Å². The molecule has 0 radical (unpaired) electrons. The van der Waals surface area contributed by atoms with Gasteiger partial charge in [-0.2, -0.15) is 0 Å². The summed E-state index contributed by atoms with van der Waals surface area (Å²) >= 11 is 0. The van der Waals surface area contributed by atoms with E-state index in [2.05, 4.69) is 6.58 Å². The Balaban J connectivity index is 2.12. The first-order valence-electron chi connectivity index (χ1n) is 6.19. The molecule has 5 nitrogen and oxygen atoms in total. The second kappa shape index (κ2) is 4.59. The molecule has 2 heterocycles. The lowest BCUT2D eigenvalue weighted by Gasteiger charge is -2.26. The largest absolute Gasteiger partial charge is 0.490 e. The van der Waals surface area contributed by atoms with Gasteiger partial charge in [-0.25, -0.2) is 4.79 Å². The van der Waals surface area contributed by atoms with E-state index in [4.69, 9.17) is 18.6 Å². The fourth-order valence-corrected chi connectivity index (χ4v) is 2.05. The van der Waals surface area contributed by atoms with Gasteiger partial charge < -0.3 is 18.6 Å². The van der Waals surface area contributed by atoms with Crippen LogP contribution in [0.3, 0.4) is 0 Å². The molecule has 104 valence electrons. The van der Waals surface area contributed by atoms with E-state index in [1.807, 2.05) is 6.92 Å². The maximum Gasteiger partial charge on any atom is 0.379 e. The first-order valence-corrected chi connectivity index (χ1v) is 6.19. The molecule has 0 bridgehead atoms. The molecule has 0 fully saturated rings. The third kappa shape index (κ3) is 2.01. The quantitative estimate of drug-likeness (QED) is 0.622. The molecule has 0 amide bonds. The van der Waals surface area contributed by atoms with Crippen molar-refractivity contribution < 1.29 is 18.6 Å². The molecule has 3 rings (SSSR count). The Morgan fingerprint density at radius 2 is 2.15 bits per heavy atom. The first-order chi connectivity index (χ1) is 9.58. The molecule has 5 heteroatoms. The zero-order chi connectivity index (χ0) is 14.3. The Hall–Kier alpha value is -2.43. The molecule has 0 unspecified atom stereocenters. The predicted molar refractivity (Wildman–Crippen MR) is 73.8 cm³/mol. The number of methoxy groups -OCH3 is 1. The van der Waals surface area contributed by atoms with Crippen LogP contribution in [0.5, 0.6) is 17.2 Å². The van der Waals surface area contributed by atoms with Crippen molar-refractivity contribution in [1.29, 1.82) is 0 Å². The Morgan fingerprint density at radius 3 is 2.85 bits per heavy atom. The van der Waals surface area contributed by atoms with Crippen molar-refractivity contribution in [2.75, 3.05) is 13.7 Å². The van der Waals surface area contributed by atoms with Crippen LogP contribution < -0.4 is 19.8 Å². The van der Waals surface area contributed by atoms with Crippen LogP contribution in [0.25, 0.3) is 11.0 Å². The number of ether oxygens (including phenoxy) is 3. The van der Waals surface area contributed by atoms with Gasteiger partial charge in [0.2, 0.25) is 5.75 Å². The van der Waals surface area contributed by atoms with E-state index >= 15 is 0 Å². The van der Waals surface area contributed by atoms with E-state index in [-0.39, 0.29) is 11.9 Å². The number of hydrogen-bond donors (Lipinski definition) is 0. The van der Waals surface area contributed by atoms with Gasteiger partial charge in [-0.05, 0) is 24.6 Å². The van der Waals surface area contributed by atoms with Crippen LogP contribution in [0.4, 0.5) is 0 Å². The molecular formula is C15H14O5. The van der Waals surface area contributed by atoms with E-state index in [0.29, 0.717) is 29.1 Å². The van der Waals surface area contributed by atoms with Gasteiger partial charge in [0.15, 0.2) is 17.6 Å². The first kappa shape index (κ1) is 12.6. The molecule has 0 N–H and O–H groups in total. The molecule has 1 aromatic heterocycles. The van der Waals surface area contributed by atoms with Crippen molar-refractivity contribution in [1.82, 2.24) is 0 Å². The van der Waals surface area contributed by atoms with Crippen molar-refractivity contribution in [2.45, 2.75) is 13.0 Å². The smallest absolute Gasteiger partial charge is 0.379 e. The van der Waals surface area contributed by atoms with Gasteiger partial charge >= 0.3 is 5.63 Å². The molecule has 1 aromatic carbocycles. The third-order valence-corrected chi connectivity index (χ3v) is 3.20. The molecule has 0 saturated carbocycles. The molecule has 0 spiro atoms. The van der Waals surface area contributed by atoms with Gasteiger partial charge in [0.1, 0.15) is 12.2 Å². The van der Waals surface area contributed by atoms with Crippen molar-refractivity contribution in [3.05, 3.63) is 40.8 Å². The summed E-state index contributed by atoms with van der Waals surface area (Å²) < 4.78 is 21.6. The summed E-state index contributed by atoms with van der Waals surface area (Å²) in [5, 5.41) is 0.714. The van der Waals surface area contributed by atoms with Gasteiger partial charge in [0.05, 0.1) is 7.11 Å². The van der Waals surface area contributed by atoms with E-state index in [0.717, 1.165) is 5.57 Å². The highest BCUT2D eigenvalue weighted by Gasteiger charge is 2.23. The summed E-state index contributed by atoms with van der Waals surface area (Å²) in [5.41, 5.74) is 0.816. The standard InChI is InChI=1S/C15H14O5/c1-8(2)14-7-18-11-6-10-9(4-12(11)19-14)5-13(17-3)15(16)20-10/h4-6,14H,1,7H2,2-3H3/t14-/m1/s1. The molecule has 0 aliphatic carbocycles. The minimum Gasteiger partial charge on any atom is -0.490 e. The second-order valence-corrected chi connectivity index (χ2v) is 4.70. The van der Waals surface area contributed by atoms with Crippen LogP contribution in [0, 0.1) is 0 Å². The van der Waals surface area contributed by atoms with Crippen LogP contribution in [-0.4, -0.2) is 19.8 Å².